The Kier molecular flexibility index (Phi) is 6.55. The van der Waals surface area contributed by atoms with Gasteiger partial charge >= 0.3 is 0 Å². The van der Waals surface area contributed by atoms with Crippen molar-refractivity contribution >= 4 is 28.8 Å². The maximum Gasteiger partial charge on any atom is 0.282 e. The fraction of sp³-hybridized carbons (Fsp3) is 0.241. The van der Waals surface area contributed by atoms with Crippen LogP contribution in [-0.2, 0) is 9.59 Å². The summed E-state index contributed by atoms with van der Waals surface area (Å²) < 4.78 is 5.74. The lowest BCUT2D eigenvalue weighted by atomic mass is 9.97. The van der Waals surface area contributed by atoms with Gasteiger partial charge in [-0.15, -0.1) is 0 Å². The molecule has 4 rings (SSSR count). The van der Waals surface area contributed by atoms with Crippen molar-refractivity contribution in [1.29, 1.82) is 0 Å². The summed E-state index contributed by atoms with van der Waals surface area (Å²) in [4.78, 5) is 28.8. The first-order valence-electron chi connectivity index (χ1n) is 11.6. The van der Waals surface area contributed by atoms with Gasteiger partial charge in [0, 0.05) is 11.8 Å². The molecule has 0 unspecified atom stereocenters. The van der Waals surface area contributed by atoms with Gasteiger partial charge in [-0.2, -0.15) is 0 Å². The Morgan fingerprint density at radius 2 is 1.53 bits per heavy atom. The first-order chi connectivity index (χ1) is 16.3. The van der Waals surface area contributed by atoms with Crippen LogP contribution in [0.3, 0.4) is 0 Å². The third-order valence-corrected chi connectivity index (χ3v) is 5.93. The highest BCUT2D eigenvalue weighted by Gasteiger charge is 2.41. The summed E-state index contributed by atoms with van der Waals surface area (Å²) in [5.41, 5.74) is 6.86. The molecule has 2 amide bonds. The molecule has 0 aliphatic carbocycles. The number of amides is 2. The van der Waals surface area contributed by atoms with E-state index in [9.17, 15) is 9.59 Å². The predicted octanol–water partition coefficient (Wildman–Crippen LogP) is 6.11. The third-order valence-electron chi connectivity index (χ3n) is 5.93. The van der Waals surface area contributed by atoms with Crippen LogP contribution in [0.15, 0.2) is 66.4 Å². The predicted molar refractivity (Wildman–Crippen MR) is 137 cm³/mol. The van der Waals surface area contributed by atoms with Crippen molar-refractivity contribution in [2.45, 2.75) is 41.0 Å². The van der Waals surface area contributed by atoms with Crippen molar-refractivity contribution in [2.24, 2.45) is 0 Å². The average Bonchev–Trinajstić information content (AvgIpc) is 3.04. The SMILES string of the molecule is CCCOc1cccc(N2C(=O)C(Nc3ccc(C)cc3C)=C(c3ccc(C)cc3C)C2=O)c1. The number of carbonyl (C=O) groups excluding carboxylic acids is 2. The van der Waals surface area contributed by atoms with Crippen LogP contribution in [0, 0.1) is 27.7 Å². The quantitative estimate of drug-likeness (QED) is 0.438. The molecule has 0 aromatic heterocycles. The van der Waals surface area contributed by atoms with Gasteiger partial charge in [0.05, 0.1) is 17.9 Å². The van der Waals surface area contributed by atoms with Crippen LogP contribution >= 0.6 is 0 Å². The van der Waals surface area contributed by atoms with Gasteiger partial charge in [0.25, 0.3) is 11.8 Å². The van der Waals surface area contributed by atoms with E-state index in [1.807, 2.05) is 77.1 Å². The number of benzene rings is 3. The zero-order valence-corrected chi connectivity index (χ0v) is 20.4. The van der Waals surface area contributed by atoms with E-state index in [0.29, 0.717) is 23.6 Å². The van der Waals surface area contributed by atoms with Crippen LogP contribution in [0.4, 0.5) is 11.4 Å². The van der Waals surface area contributed by atoms with E-state index in [0.717, 1.165) is 39.9 Å². The van der Waals surface area contributed by atoms with Gasteiger partial charge in [-0.3, -0.25) is 9.59 Å². The van der Waals surface area contributed by atoms with Gasteiger partial charge in [0.15, 0.2) is 0 Å². The number of carbonyl (C=O) groups is 2. The van der Waals surface area contributed by atoms with Gasteiger partial charge in [-0.25, -0.2) is 4.90 Å². The number of imide groups is 1. The number of hydrogen-bond donors (Lipinski definition) is 1. The number of nitrogens with one attached hydrogen (secondary N) is 1. The molecular weight excluding hydrogens is 424 g/mol. The molecule has 0 saturated carbocycles. The van der Waals surface area contributed by atoms with E-state index in [1.165, 1.54) is 4.90 Å². The molecular formula is C29H30N2O3. The Hall–Kier alpha value is -3.86. The van der Waals surface area contributed by atoms with Crippen molar-refractivity contribution in [3.63, 3.8) is 0 Å². The third kappa shape index (κ3) is 4.46. The van der Waals surface area contributed by atoms with Crippen molar-refractivity contribution in [3.05, 3.63) is 94.2 Å². The molecule has 34 heavy (non-hydrogen) atoms. The van der Waals surface area contributed by atoms with Crippen LogP contribution < -0.4 is 15.0 Å². The van der Waals surface area contributed by atoms with Gasteiger partial charge in [-0.1, -0.05) is 54.4 Å². The summed E-state index contributed by atoms with van der Waals surface area (Å²) in [6, 6.07) is 19.0. The van der Waals surface area contributed by atoms with Crippen LogP contribution in [0.5, 0.6) is 5.75 Å². The molecule has 0 bridgehead atoms. The van der Waals surface area contributed by atoms with E-state index in [-0.39, 0.29) is 17.5 Å². The molecule has 0 spiro atoms. The monoisotopic (exact) mass is 454 g/mol. The van der Waals surface area contributed by atoms with Gasteiger partial charge in [0.1, 0.15) is 11.4 Å². The van der Waals surface area contributed by atoms with Gasteiger partial charge < -0.3 is 10.1 Å². The second kappa shape index (κ2) is 9.56. The summed E-state index contributed by atoms with van der Waals surface area (Å²) in [6.45, 7) is 10.6. The molecule has 5 heteroatoms. The van der Waals surface area contributed by atoms with E-state index < -0.39 is 0 Å². The number of anilines is 2. The summed E-state index contributed by atoms with van der Waals surface area (Å²) in [6.07, 6.45) is 0.869. The molecule has 0 atom stereocenters. The lowest BCUT2D eigenvalue weighted by Crippen LogP contribution is -2.32. The Balaban J connectivity index is 1.82. The molecule has 0 saturated heterocycles. The van der Waals surface area contributed by atoms with Crippen LogP contribution in [-0.4, -0.2) is 18.4 Å². The van der Waals surface area contributed by atoms with E-state index >= 15 is 0 Å². The minimum Gasteiger partial charge on any atom is -0.494 e. The second-order valence-electron chi connectivity index (χ2n) is 8.80. The molecule has 174 valence electrons. The van der Waals surface area contributed by atoms with E-state index in [2.05, 4.69) is 5.32 Å². The summed E-state index contributed by atoms with van der Waals surface area (Å²) in [5, 5.41) is 3.29. The molecule has 1 aliphatic heterocycles. The highest BCUT2D eigenvalue weighted by Crippen LogP contribution is 2.36. The standard InChI is InChI=1S/C29H30N2O3/c1-6-14-34-23-9-7-8-22(17-23)31-28(32)26(24-12-10-18(2)15-20(24)4)27(29(31)33)30-25-13-11-19(3)16-21(25)5/h7-13,15-17,30H,6,14H2,1-5H3. The van der Waals surface area contributed by atoms with Gasteiger partial charge in [-0.05, 0) is 69.0 Å². The normalized spacial score (nSPS) is 13.6. The van der Waals surface area contributed by atoms with Crippen LogP contribution in [0.25, 0.3) is 5.57 Å². The van der Waals surface area contributed by atoms with Crippen molar-refractivity contribution in [1.82, 2.24) is 0 Å². The van der Waals surface area contributed by atoms with Crippen molar-refractivity contribution < 1.29 is 14.3 Å². The molecule has 3 aromatic carbocycles. The molecule has 1 N–H and O–H groups in total. The zero-order valence-electron chi connectivity index (χ0n) is 20.4. The number of ether oxygens (including phenoxy) is 1. The lowest BCUT2D eigenvalue weighted by Gasteiger charge is -2.17. The van der Waals surface area contributed by atoms with Crippen molar-refractivity contribution in [3.8, 4) is 5.75 Å². The number of nitrogens with zero attached hydrogens (tertiary/aromatic N) is 1. The smallest absolute Gasteiger partial charge is 0.282 e. The lowest BCUT2D eigenvalue weighted by molar-refractivity contribution is -0.120. The highest BCUT2D eigenvalue weighted by molar-refractivity contribution is 6.46. The van der Waals surface area contributed by atoms with Crippen molar-refractivity contribution in [2.75, 3.05) is 16.8 Å². The molecule has 0 radical (unpaired) electrons. The van der Waals surface area contributed by atoms with Crippen LogP contribution in [0.1, 0.15) is 41.2 Å². The molecule has 5 nitrogen and oxygen atoms in total. The topological polar surface area (TPSA) is 58.6 Å². The Morgan fingerprint density at radius 3 is 2.21 bits per heavy atom. The zero-order chi connectivity index (χ0) is 24.4. The summed E-state index contributed by atoms with van der Waals surface area (Å²) >= 11 is 0. The summed E-state index contributed by atoms with van der Waals surface area (Å²) in [5.74, 6) is -0.103. The van der Waals surface area contributed by atoms with Crippen LogP contribution in [0.2, 0.25) is 0 Å². The minimum atomic E-state index is -0.382. The maximum atomic E-state index is 13.8. The van der Waals surface area contributed by atoms with E-state index in [1.54, 1.807) is 18.2 Å². The molecule has 3 aromatic rings. The first-order valence-corrected chi connectivity index (χ1v) is 11.6. The Labute approximate surface area is 201 Å². The fourth-order valence-corrected chi connectivity index (χ4v) is 4.24. The number of aryl methyl sites for hydroxylation is 4. The van der Waals surface area contributed by atoms with E-state index in [4.69, 9.17) is 4.74 Å². The first kappa shape index (κ1) is 23.3. The molecule has 1 heterocycles. The number of hydrogen-bond acceptors (Lipinski definition) is 4. The summed E-state index contributed by atoms with van der Waals surface area (Å²) in [7, 11) is 0. The average molecular weight is 455 g/mol. The largest absolute Gasteiger partial charge is 0.494 e. The Bertz CT molecular complexity index is 1310. The Morgan fingerprint density at radius 1 is 0.824 bits per heavy atom. The molecule has 1 aliphatic rings. The number of rotatable bonds is 7. The second-order valence-corrected chi connectivity index (χ2v) is 8.80. The highest BCUT2D eigenvalue weighted by atomic mass is 16.5. The van der Waals surface area contributed by atoms with Gasteiger partial charge in [0.2, 0.25) is 0 Å². The maximum absolute atomic E-state index is 13.8. The minimum absolute atomic E-state index is 0.281. The fourth-order valence-electron chi connectivity index (χ4n) is 4.24. The molecule has 0 fully saturated rings.